The summed E-state index contributed by atoms with van der Waals surface area (Å²) >= 11 is 5.73. The van der Waals surface area contributed by atoms with Crippen LogP contribution in [-0.2, 0) is 0 Å². The second-order valence-electron chi connectivity index (χ2n) is 5.44. The predicted octanol–water partition coefficient (Wildman–Crippen LogP) is 3.33. The zero-order valence-electron chi connectivity index (χ0n) is 12.6. The first kappa shape index (κ1) is 16.1. The number of hydrogen-bond acceptors (Lipinski definition) is 6. The molecule has 4 nitrogen and oxygen atoms in total. The summed E-state index contributed by atoms with van der Waals surface area (Å²) in [7, 11) is 1.94. The minimum absolute atomic E-state index is 0.188. The first-order valence-corrected chi connectivity index (χ1v) is 10.2. The highest BCUT2D eigenvalue weighted by Gasteiger charge is 2.18. The lowest BCUT2D eigenvalue weighted by atomic mass is 10.1. The standard InChI is InChI=1S/C15H21N3OS3/c1-18-7-2-5-12(11-18)14-15(17-21-16-14)19-8-4-10-22-9-3-6-13(22)20/h3,5-6,9,20,22H,2,4,7-8,10-11H2,1H3. The zero-order chi connectivity index (χ0) is 15.4. The maximum absolute atomic E-state index is 5.88. The van der Waals surface area contributed by atoms with Crippen LogP contribution >= 0.6 is 35.3 Å². The molecule has 0 radical (unpaired) electrons. The predicted molar refractivity (Wildman–Crippen MR) is 100 cm³/mol. The highest BCUT2D eigenvalue weighted by atomic mass is 32.2. The van der Waals surface area contributed by atoms with Gasteiger partial charge in [-0.3, -0.25) is 0 Å². The van der Waals surface area contributed by atoms with Crippen molar-refractivity contribution in [1.82, 2.24) is 13.6 Å². The molecule has 0 spiro atoms. The summed E-state index contributed by atoms with van der Waals surface area (Å²) in [4.78, 5) is 2.30. The second-order valence-corrected chi connectivity index (χ2v) is 8.97. The number of allylic oxidation sites excluding steroid dienone is 2. The van der Waals surface area contributed by atoms with E-state index in [4.69, 9.17) is 4.74 Å². The van der Waals surface area contributed by atoms with Gasteiger partial charge in [-0.2, -0.15) is 4.37 Å². The minimum atomic E-state index is -0.188. The molecule has 0 amide bonds. The van der Waals surface area contributed by atoms with Crippen LogP contribution in [0.3, 0.4) is 0 Å². The molecule has 0 aromatic carbocycles. The number of nitrogens with zero attached hydrogens (tertiary/aromatic N) is 3. The largest absolute Gasteiger partial charge is 0.475 e. The highest BCUT2D eigenvalue weighted by Crippen LogP contribution is 2.43. The summed E-state index contributed by atoms with van der Waals surface area (Å²) in [6.45, 7) is 2.72. The summed E-state index contributed by atoms with van der Waals surface area (Å²) in [5.41, 5.74) is 2.17. The number of rotatable bonds is 6. The van der Waals surface area contributed by atoms with Crippen molar-refractivity contribution in [2.45, 2.75) is 12.8 Å². The van der Waals surface area contributed by atoms with Crippen molar-refractivity contribution >= 4 is 40.8 Å². The van der Waals surface area contributed by atoms with Crippen LogP contribution in [0.15, 0.2) is 27.9 Å². The third kappa shape index (κ3) is 3.95. The Morgan fingerprint density at radius 1 is 1.45 bits per heavy atom. The molecule has 2 aliphatic rings. The molecule has 0 bridgehead atoms. The van der Waals surface area contributed by atoms with Gasteiger partial charge in [0, 0.05) is 17.3 Å². The fraction of sp³-hybridized carbons (Fsp3) is 0.467. The molecule has 2 aliphatic heterocycles. The van der Waals surface area contributed by atoms with Gasteiger partial charge in [-0.15, -0.1) is 17.0 Å². The van der Waals surface area contributed by atoms with E-state index in [-0.39, 0.29) is 10.9 Å². The van der Waals surface area contributed by atoms with Crippen LogP contribution in [0.5, 0.6) is 5.88 Å². The van der Waals surface area contributed by atoms with Gasteiger partial charge in [0.2, 0.25) is 0 Å². The summed E-state index contributed by atoms with van der Waals surface area (Å²) in [5.74, 6) is 1.82. The van der Waals surface area contributed by atoms with E-state index < -0.39 is 0 Å². The van der Waals surface area contributed by atoms with Gasteiger partial charge in [-0.05, 0) is 42.7 Å². The fourth-order valence-corrected chi connectivity index (χ4v) is 5.22. The van der Waals surface area contributed by atoms with Crippen LogP contribution < -0.4 is 4.74 Å². The van der Waals surface area contributed by atoms with E-state index in [0.717, 1.165) is 37.4 Å². The van der Waals surface area contributed by atoms with Crippen molar-refractivity contribution < 1.29 is 4.74 Å². The van der Waals surface area contributed by atoms with Gasteiger partial charge in [0.15, 0.2) is 0 Å². The second kappa shape index (κ2) is 7.68. The topological polar surface area (TPSA) is 38.2 Å². The molecule has 3 rings (SSSR count). The van der Waals surface area contributed by atoms with Crippen molar-refractivity contribution in [2.24, 2.45) is 0 Å². The molecule has 0 N–H and O–H groups in total. The Balaban J connectivity index is 1.51. The zero-order valence-corrected chi connectivity index (χ0v) is 15.2. The van der Waals surface area contributed by atoms with Gasteiger partial charge in [-0.1, -0.05) is 12.2 Å². The summed E-state index contributed by atoms with van der Waals surface area (Å²) in [6, 6.07) is 0. The molecule has 120 valence electrons. The lowest BCUT2D eigenvalue weighted by molar-refractivity contribution is 0.307. The normalized spacial score (nSPS) is 23.5. The van der Waals surface area contributed by atoms with E-state index in [2.05, 4.69) is 57.0 Å². The molecular weight excluding hydrogens is 334 g/mol. The summed E-state index contributed by atoms with van der Waals surface area (Å²) in [5, 5.41) is 2.26. The van der Waals surface area contributed by atoms with E-state index >= 15 is 0 Å². The first-order valence-electron chi connectivity index (χ1n) is 7.41. The van der Waals surface area contributed by atoms with Crippen LogP contribution in [-0.4, -0.2) is 46.1 Å². The Kier molecular flexibility index (Phi) is 5.62. The average Bonchev–Trinajstić information content (AvgIpc) is 3.13. The van der Waals surface area contributed by atoms with Crippen molar-refractivity contribution in [2.75, 3.05) is 32.5 Å². The summed E-state index contributed by atoms with van der Waals surface area (Å²) < 4.78 is 15.8. The van der Waals surface area contributed by atoms with Crippen LogP contribution in [0.1, 0.15) is 18.5 Å². The Hall–Kier alpha value is -0.760. The molecule has 0 saturated carbocycles. The molecule has 0 saturated heterocycles. The van der Waals surface area contributed by atoms with Crippen LogP contribution in [0.25, 0.3) is 5.57 Å². The van der Waals surface area contributed by atoms with Crippen LogP contribution in [0.4, 0.5) is 0 Å². The van der Waals surface area contributed by atoms with Gasteiger partial charge < -0.3 is 9.64 Å². The first-order chi connectivity index (χ1) is 10.7. The molecule has 22 heavy (non-hydrogen) atoms. The van der Waals surface area contributed by atoms with Crippen molar-refractivity contribution in [3.05, 3.63) is 33.6 Å². The summed E-state index contributed by atoms with van der Waals surface area (Å²) in [6.07, 6.45) is 8.53. The maximum atomic E-state index is 5.88. The highest BCUT2D eigenvalue weighted by molar-refractivity contribution is 8.30. The molecule has 3 heterocycles. The molecule has 0 fully saturated rings. The lowest BCUT2D eigenvalue weighted by Gasteiger charge is -2.22. The molecular formula is C15H21N3OS3. The molecule has 1 unspecified atom stereocenters. The molecule has 1 atom stereocenters. The molecule has 1 aromatic heterocycles. The van der Waals surface area contributed by atoms with E-state index in [1.54, 1.807) is 0 Å². The molecule has 0 aliphatic carbocycles. The van der Waals surface area contributed by atoms with E-state index in [0.29, 0.717) is 12.5 Å². The fourth-order valence-electron chi connectivity index (χ4n) is 2.53. The van der Waals surface area contributed by atoms with Gasteiger partial charge in [0.25, 0.3) is 5.88 Å². The van der Waals surface area contributed by atoms with Gasteiger partial charge >= 0.3 is 0 Å². The lowest BCUT2D eigenvalue weighted by Crippen LogP contribution is -2.25. The van der Waals surface area contributed by atoms with Gasteiger partial charge in [-0.25, -0.2) is 10.9 Å². The smallest absolute Gasteiger partial charge is 0.253 e. The van der Waals surface area contributed by atoms with Crippen molar-refractivity contribution in [1.29, 1.82) is 0 Å². The average molecular weight is 356 g/mol. The SMILES string of the molecule is CN1CCC=C(c2nsnc2OCCC[SH]2C=CC=C2S)C1. The van der Waals surface area contributed by atoms with Gasteiger partial charge in [0.05, 0.1) is 18.3 Å². The van der Waals surface area contributed by atoms with Gasteiger partial charge in [0.1, 0.15) is 5.69 Å². The third-order valence-electron chi connectivity index (χ3n) is 3.69. The van der Waals surface area contributed by atoms with E-state index in [1.165, 1.54) is 21.5 Å². The van der Waals surface area contributed by atoms with E-state index in [1.807, 2.05) is 0 Å². The van der Waals surface area contributed by atoms with Crippen LogP contribution in [0, 0.1) is 0 Å². The molecule has 1 aromatic rings. The van der Waals surface area contributed by atoms with E-state index in [9.17, 15) is 0 Å². The molecule has 7 heteroatoms. The number of hydrogen-bond donors (Lipinski definition) is 2. The Morgan fingerprint density at radius 2 is 2.36 bits per heavy atom. The van der Waals surface area contributed by atoms with Crippen LogP contribution in [0.2, 0.25) is 0 Å². The number of thiol groups is 2. The number of aromatic nitrogens is 2. The van der Waals surface area contributed by atoms with Crippen molar-refractivity contribution in [3.8, 4) is 5.88 Å². The maximum Gasteiger partial charge on any atom is 0.253 e. The Bertz CT molecular complexity index is 609. The quantitative estimate of drug-likeness (QED) is 0.606. The Labute approximate surface area is 144 Å². The minimum Gasteiger partial charge on any atom is -0.475 e. The van der Waals surface area contributed by atoms with Crippen molar-refractivity contribution in [3.63, 3.8) is 0 Å². The monoisotopic (exact) mass is 355 g/mol. The Morgan fingerprint density at radius 3 is 3.14 bits per heavy atom. The third-order valence-corrected chi connectivity index (χ3v) is 7.19. The number of likely N-dealkylation sites (N-methyl/N-ethyl adjacent to an activating group) is 1. The number of ether oxygens (including phenoxy) is 1.